The van der Waals surface area contributed by atoms with Crippen LogP contribution in [0, 0.1) is 0 Å². The fourth-order valence-electron chi connectivity index (χ4n) is 4.14. The summed E-state index contributed by atoms with van der Waals surface area (Å²) in [5.41, 5.74) is 1.60. The molecular formula is C23H30N2O7. The summed E-state index contributed by atoms with van der Waals surface area (Å²) in [6.45, 7) is 3.65. The summed E-state index contributed by atoms with van der Waals surface area (Å²) in [5.74, 6) is 0.538. The Bertz CT molecular complexity index is 955. The van der Waals surface area contributed by atoms with Crippen molar-refractivity contribution in [2.24, 2.45) is 0 Å². The lowest BCUT2D eigenvalue weighted by Crippen LogP contribution is -2.53. The Morgan fingerprint density at radius 3 is 2.84 bits per heavy atom. The van der Waals surface area contributed by atoms with Crippen molar-refractivity contribution in [1.29, 1.82) is 0 Å². The Morgan fingerprint density at radius 2 is 2.12 bits per heavy atom. The number of morpholine rings is 1. The second-order valence-electron chi connectivity index (χ2n) is 8.29. The Balaban J connectivity index is 1.56. The van der Waals surface area contributed by atoms with Gasteiger partial charge in [0.2, 0.25) is 0 Å². The fraction of sp³-hybridized carbons (Fsp3) is 0.565. The molecule has 1 unspecified atom stereocenters. The van der Waals surface area contributed by atoms with Crippen LogP contribution in [0.5, 0.6) is 5.75 Å². The number of amides is 2. The lowest BCUT2D eigenvalue weighted by atomic mass is 10.0. The van der Waals surface area contributed by atoms with Gasteiger partial charge in [-0.3, -0.25) is 4.79 Å². The zero-order valence-corrected chi connectivity index (χ0v) is 18.5. The van der Waals surface area contributed by atoms with E-state index in [-0.39, 0.29) is 37.7 Å². The van der Waals surface area contributed by atoms with Crippen molar-refractivity contribution in [2.45, 2.75) is 44.4 Å². The monoisotopic (exact) mass is 446 g/mol. The number of nitrogens with zero attached hydrogens (tertiary/aromatic N) is 2. The summed E-state index contributed by atoms with van der Waals surface area (Å²) in [7, 11) is 1.66. The van der Waals surface area contributed by atoms with Crippen LogP contribution < -0.4 is 4.74 Å². The number of carbonyl (C=O) groups excluding carboxylic acids is 1. The predicted molar refractivity (Wildman–Crippen MR) is 116 cm³/mol. The van der Waals surface area contributed by atoms with Gasteiger partial charge in [0.1, 0.15) is 11.3 Å². The number of methoxy groups -OCH3 is 1. The summed E-state index contributed by atoms with van der Waals surface area (Å²) < 4.78 is 22.4. The lowest BCUT2D eigenvalue weighted by Gasteiger charge is -2.36. The van der Waals surface area contributed by atoms with Crippen LogP contribution in [0.2, 0.25) is 0 Å². The third-order valence-electron chi connectivity index (χ3n) is 6.01. The maximum Gasteiger partial charge on any atom is 0.407 e. The topological polar surface area (TPSA) is 102 Å². The van der Waals surface area contributed by atoms with Crippen LogP contribution in [-0.4, -0.2) is 79.1 Å². The maximum absolute atomic E-state index is 13.4. The normalized spacial score (nSPS) is 19.7. The van der Waals surface area contributed by atoms with E-state index in [0.29, 0.717) is 24.5 Å². The molecule has 174 valence electrons. The number of hydrogen-bond acceptors (Lipinski definition) is 6. The van der Waals surface area contributed by atoms with Crippen molar-refractivity contribution in [3.05, 3.63) is 30.0 Å². The van der Waals surface area contributed by atoms with E-state index in [1.165, 1.54) is 4.90 Å². The molecule has 2 amide bonds. The van der Waals surface area contributed by atoms with Gasteiger partial charge >= 0.3 is 6.09 Å². The first-order valence-corrected chi connectivity index (χ1v) is 11.0. The van der Waals surface area contributed by atoms with Crippen molar-refractivity contribution < 1.29 is 33.3 Å². The van der Waals surface area contributed by atoms with E-state index in [2.05, 4.69) is 0 Å². The molecule has 4 rings (SSSR count). The number of hydrogen-bond donors (Lipinski definition) is 1. The van der Waals surface area contributed by atoms with E-state index >= 15 is 0 Å². The molecule has 2 fully saturated rings. The van der Waals surface area contributed by atoms with Gasteiger partial charge in [-0.15, -0.1) is 0 Å². The van der Waals surface area contributed by atoms with Crippen LogP contribution in [0.4, 0.5) is 4.79 Å². The minimum Gasteiger partial charge on any atom is -0.493 e. The first-order valence-electron chi connectivity index (χ1n) is 11.0. The third-order valence-corrected chi connectivity index (χ3v) is 6.01. The van der Waals surface area contributed by atoms with Gasteiger partial charge in [-0.2, -0.15) is 0 Å². The molecule has 2 aromatic rings. The minimum absolute atomic E-state index is 0.0508. The Hall–Kier alpha value is -2.78. The quantitative estimate of drug-likeness (QED) is 0.590. The van der Waals surface area contributed by atoms with E-state index in [9.17, 15) is 14.7 Å². The van der Waals surface area contributed by atoms with Gasteiger partial charge in [0.05, 0.1) is 37.4 Å². The van der Waals surface area contributed by atoms with Crippen LogP contribution in [0.15, 0.2) is 28.9 Å². The average molecular weight is 447 g/mol. The smallest absolute Gasteiger partial charge is 0.407 e. The van der Waals surface area contributed by atoms with E-state index in [1.54, 1.807) is 13.4 Å². The van der Waals surface area contributed by atoms with E-state index in [1.807, 2.05) is 30.0 Å². The zero-order chi connectivity index (χ0) is 22.7. The highest BCUT2D eigenvalue weighted by molar-refractivity contribution is 5.86. The SMILES string of the molecule is COCCCOc1cc(C(C)N(C(=O)[C@H]2CN(C(=O)O)CCO2)C2CC2)cc2occc12. The Morgan fingerprint density at radius 1 is 1.31 bits per heavy atom. The number of fused-ring (bicyclic) bond motifs is 1. The zero-order valence-electron chi connectivity index (χ0n) is 18.5. The molecule has 0 bridgehead atoms. The van der Waals surface area contributed by atoms with Crippen LogP contribution in [0.3, 0.4) is 0 Å². The summed E-state index contributed by atoms with van der Waals surface area (Å²) in [5, 5.41) is 10.2. The number of rotatable bonds is 9. The molecule has 1 saturated heterocycles. The number of carbonyl (C=O) groups is 2. The summed E-state index contributed by atoms with van der Waals surface area (Å²) >= 11 is 0. The van der Waals surface area contributed by atoms with Crippen LogP contribution in [0.25, 0.3) is 11.0 Å². The third kappa shape index (κ3) is 4.83. The van der Waals surface area contributed by atoms with Crippen molar-refractivity contribution in [1.82, 2.24) is 9.80 Å². The van der Waals surface area contributed by atoms with Crippen LogP contribution >= 0.6 is 0 Å². The van der Waals surface area contributed by atoms with Gasteiger partial charge in [0.15, 0.2) is 6.10 Å². The maximum atomic E-state index is 13.4. The Kier molecular flexibility index (Phi) is 6.86. The standard InChI is InChI=1S/C23H30N2O7/c1-15(16-12-19(30-9-3-8-29-2)18-6-10-31-20(18)13-16)25(17-4-5-17)22(26)21-14-24(23(27)28)7-11-32-21/h6,10,12-13,15,17,21H,3-5,7-9,11,14H2,1-2H3,(H,27,28)/t15?,21-/m1/s1. The molecule has 1 aromatic carbocycles. The fourth-order valence-corrected chi connectivity index (χ4v) is 4.14. The number of carboxylic acid groups (broad SMARTS) is 1. The molecule has 1 saturated carbocycles. The van der Waals surface area contributed by atoms with Gasteiger partial charge in [-0.1, -0.05) is 0 Å². The largest absolute Gasteiger partial charge is 0.493 e. The lowest BCUT2D eigenvalue weighted by molar-refractivity contribution is -0.151. The number of furan rings is 1. The molecule has 1 N–H and O–H groups in total. The second-order valence-corrected chi connectivity index (χ2v) is 8.29. The molecule has 32 heavy (non-hydrogen) atoms. The minimum atomic E-state index is -1.03. The second kappa shape index (κ2) is 9.79. The Labute approximate surface area is 186 Å². The molecule has 2 heterocycles. The molecular weight excluding hydrogens is 416 g/mol. The van der Waals surface area contributed by atoms with Crippen molar-refractivity contribution in [2.75, 3.05) is 40.0 Å². The molecule has 2 aliphatic rings. The molecule has 1 aliphatic carbocycles. The van der Waals surface area contributed by atoms with Crippen LogP contribution in [-0.2, 0) is 14.3 Å². The first kappa shape index (κ1) is 22.4. The summed E-state index contributed by atoms with van der Waals surface area (Å²) in [4.78, 5) is 27.9. The van der Waals surface area contributed by atoms with Gasteiger partial charge < -0.3 is 33.5 Å². The number of benzene rings is 1. The van der Waals surface area contributed by atoms with Crippen LogP contribution in [0.1, 0.15) is 37.8 Å². The molecule has 1 aliphatic heterocycles. The molecule has 9 nitrogen and oxygen atoms in total. The molecule has 0 radical (unpaired) electrons. The van der Waals surface area contributed by atoms with Gasteiger partial charge in [-0.05, 0) is 43.5 Å². The van der Waals surface area contributed by atoms with Crippen molar-refractivity contribution >= 4 is 23.0 Å². The van der Waals surface area contributed by atoms with Crippen molar-refractivity contribution in [3.63, 3.8) is 0 Å². The summed E-state index contributed by atoms with van der Waals surface area (Å²) in [6.07, 6.45) is 2.42. The molecule has 9 heteroatoms. The molecule has 1 aromatic heterocycles. The summed E-state index contributed by atoms with van der Waals surface area (Å²) in [6, 6.07) is 5.66. The average Bonchev–Trinajstić information content (AvgIpc) is 3.51. The van der Waals surface area contributed by atoms with E-state index < -0.39 is 12.2 Å². The van der Waals surface area contributed by atoms with Crippen molar-refractivity contribution in [3.8, 4) is 5.75 Å². The molecule has 0 spiro atoms. The molecule has 2 atom stereocenters. The highest BCUT2D eigenvalue weighted by atomic mass is 16.5. The van der Waals surface area contributed by atoms with Gasteiger partial charge in [0, 0.05) is 32.7 Å². The predicted octanol–water partition coefficient (Wildman–Crippen LogP) is 3.28. The van der Waals surface area contributed by atoms with Gasteiger partial charge in [0.25, 0.3) is 5.91 Å². The van der Waals surface area contributed by atoms with E-state index in [4.69, 9.17) is 18.6 Å². The highest BCUT2D eigenvalue weighted by Crippen LogP contribution is 2.38. The highest BCUT2D eigenvalue weighted by Gasteiger charge is 2.41. The first-order chi connectivity index (χ1) is 15.5. The number of ether oxygens (including phenoxy) is 3. The van der Waals surface area contributed by atoms with E-state index in [0.717, 1.165) is 30.2 Å². The van der Waals surface area contributed by atoms with Gasteiger partial charge in [-0.25, -0.2) is 4.79 Å².